The van der Waals surface area contributed by atoms with Crippen molar-refractivity contribution >= 4 is 5.91 Å². The van der Waals surface area contributed by atoms with Crippen LogP contribution in [0.2, 0.25) is 0 Å². The van der Waals surface area contributed by atoms with Crippen LogP contribution in [0, 0.1) is 12.3 Å². The normalized spacial score (nSPS) is 14.7. The fourth-order valence-corrected chi connectivity index (χ4v) is 0.635. The molecule has 11 heavy (non-hydrogen) atoms. The van der Waals surface area contributed by atoms with Gasteiger partial charge in [-0.1, -0.05) is 5.92 Å². The van der Waals surface area contributed by atoms with Crippen molar-refractivity contribution in [2.24, 2.45) is 5.73 Å². The highest BCUT2D eigenvalue weighted by atomic mass is 16.1. The van der Waals surface area contributed by atoms with Crippen molar-refractivity contribution in [2.45, 2.75) is 32.4 Å². The maximum atomic E-state index is 10.9. The Bertz CT molecular complexity index is 169. The number of carbonyl (C=O) groups excluding carboxylic acids is 1. The van der Waals surface area contributed by atoms with E-state index in [1.807, 2.05) is 0 Å². The second-order valence-corrected chi connectivity index (χ2v) is 2.64. The summed E-state index contributed by atoms with van der Waals surface area (Å²) in [5.74, 6) is 2.30. The highest BCUT2D eigenvalue weighted by molar-refractivity contribution is 5.77. The Morgan fingerprint density at radius 1 is 1.73 bits per heavy atom. The monoisotopic (exact) mass is 154 g/mol. The molecule has 1 amide bonds. The fourth-order valence-electron chi connectivity index (χ4n) is 0.635. The van der Waals surface area contributed by atoms with Crippen LogP contribution >= 0.6 is 0 Å². The Hall–Kier alpha value is -1.01. The van der Waals surface area contributed by atoms with Crippen LogP contribution in [-0.2, 0) is 4.79 Å². The summed E-state index contributed by atoms with van der Waals surface area (Å²) in [6, 6.07) is -0.318. The van der Waals surface area contributed by atoms with Crippen LogP contribution in [0.15, 0.2) is 0 Å². The predicted octanol–water partition coefficient (Wildman–Crippen LogP) is -0.138. The van der Waals surface area contributed by atoms with E-state index in [2.05, 4.69) is 11.2 Å². The van der Waals surface area contributed by atoms with Crippen LogP contribution in [-0.4, -0.2) is 18.0 Å². The molecule has 0 fully saturated rings. The number of nitrogens with two attached hydrogens (primary N) is 1. The van der Waals surface area contributed by atoms with Crippen molar-refractivity contribution in [3.8, 4) is 12.3 Å². The van der Waals surface area contributed by atoms with E-state index in [1.165, 1.54) is 0 Å². The Morgan fingerprint density at radius 2 is 2.27 bits per heavy atom. The summed E-state index contributed by atoms with van der Waals surface area (Å²) in [6.07, 6.45) is 5.38. The van der Waals surface area contributed by atoms with Crippen molar-refractivity contribution < 1.29 is 4.79 Å². The minimum absolute atomic E-state index is 0.0922. The quantitative estimate of drug-likeness (QED) is 0.556. The number of rotatable bonds is 3. The minimum Gasteiger partial charge on any atom is -0.343 e. The van der Waals surface area contributed by atoms with Gasteiger partial charge in [-0.25, -0.2) is 0 Å². The predicted molar refractivity (Wildman–Crippen MR) is 44.7 cm³/mol. The zero-order valence-corrected chi connectivity index (χ0v) is 6.92. The van der Waals surface area contributed by atoms with E-state index in [1.54, 1.807) is 13.8 Å². The zero-order chi connectivity index (χ0) is 8.85. The Morgan fingerprint density at radius 3 is 2.64 bits per heavy atom. The van der Waals surface area contributed by atoms with Gasteiger partial charge in [0, 0.05) is 12.5 Å². The molecular weight excluding hydrogens is 140 g/mol. The van der Waals surface area contributed by atoms with E-state index in [9.17, 15) is 4.79 Å². The van der Waals surface area contributed by atoms with E-state index in [0.717, 1.165) is 0 Å². The summed E-state index contributed by atoms with van der Waals surface area (Å²) in [5, 5.41) is 2.61. The second kappa shape index (κ2) is 4.75. The molecule has 3 nitrogen and oxygen atoms in total. The molecule has 0 aliphatic rings. The number of terminal acetylenes is 1. The lowest BCUT2D eigenvalue weighted by atomic mass is 10.2. The topological polar surface area (TPSA) is 55.1 Å². The molecule has 0 bridgehead atoms. The average molecular weight is 154 g/mol. The Labute approximate surface area is 67.3 Å². The summed E-state index contributed by atoms with van der Waals surface area (Å²) < 4.78 is 0. The molecule has 0 aliphatic carbocycles. The van der Waals surface area contributed by atoms with Gasteiger partial charge in [-0.05, 0) is 13.8 Å². The maximum absolute atomic E-state index is 10.9. The molecule has 0 saturated heterocycles. The maximum Gasteiger partial charge on any atom is 0.222 e. The molecule has 0 aromatic rings. The fraction of sp³-hybridized carbons (Fsp3) is 0.625. The third-order valence-corrected chi connectivity index (χ3v) is 1.13. The van der Waals surface area contributed by atoms with Gasteiger partial charge < -0.3 is 11.1 Å². The van der Waals surface area contributed by atoms with Gasteiger partial charge in [0.15, 0.2) is 0 Å². The Kier molecular flexibility index (Phi) is 4.32. The molecular formula is C8H14N2O. The molecule has 3 heteroatoms. The van der Waals surface area contributed by atoms with E-state index in [4.69, 9.17) is 12.2 Å². The minimum atomic E-state index is -0.207. The number of hydrogen-bond acceptors (Lipinski definition) is 2. The van der Waals surface area contributed by atoms with Crippen LogP contribution in [0.5, 0.6) is 0 Å². The number of carbonyl (C=O) groups is 1. The molecule has 0 saturated carbocycles. The van der Waals surface area contributed by atoms with E-state index >= 15 is 0 Å². The van der Waals surface area contributed by atoms with Gasteiger partial charge in [-0.3, -0.25) is 4.79 Å². The van der Waals surface area contributed by atoms with Crippen molar-refractivity contribution in [3.63, 3.8) is 0 Å². The zero-order valence-electron chi connectivity index (χ0n) is 6.92. The van der Waals surface area contributed by atoms with E-state index < -0.39 is 0 Å². The number of hydrogen-bond donors (Lipinski definition) is 2. The lowest BCUT2D eigenvalue weighted by molar-refractivity contribution is -0.121. The first-order valence-electron chi connectivity index (χ1n) is 3.57. The third-order valence-electron chi connectivity index (χ3n) is 1.13. The molecule has 0 heterocycles. The van der Waals surface area contributed by atoms with Crippen LogP contribution in [0.1, 0.15) is 20.3 Å². The van der Waals surface area contributed by atoms with Crippen LogP contribution in [0.3, 0.4) is 0 Å². The molecule has 0 rings (SSSR count). The molecule has 2 atom stereocenters. The number of amides is 1. The summed E-state index contributed by atoms with van der Waals surface area (Å²) in [6.45, 7) is 3.53. The van der Waals surface area contributed by atoms with Gasteiger partial charge >= 0.3 is 0 Å². The second-order valence-electron chi connectivity index (χ2n) is 2.64. The van der Waals surface area contributed by atoms with Gasteiger partial charge in [-0.2, -0.15) is 0 Å². The molecule has 0 aromatic carbocycles. The first kappa shape index (κ1) is 9.99. The van der Waals surface area contributed by atoms with Gasteiger partial charge in [0.25, 0.3) is 0 Å². The SMILES string of the molecule is C#CC(C)NC(=O)CC(C)N. The molecule has 2 unspecified atom stereocenters. The highest BCUT2D eigenvalue weighted by Crippen LogP contribution is 1.87. The van der Waals surface area contributed by atoms with E-state index in [0.29, 0.717) is 6.42 Å². The summed E-state index contributed by atoms with van der Waals surface area (Å²) in [7, 11) is 0. The smallest absolute Gasteiger partial charge is 0.222 e. The molecule has 0 radical (unpaired) electrons. The highest BCUT2D eigenvalue weighted by Gasteiger charge is 2.06. The van der Waals surface area contributed by atoms with Crippen LogP contribution in [0.25, 0.3) is 0 Å². The summed E-state index contributed by atoms with van der Waals surface area (Å²) >= 11 is 0. The summed E-state index contributed by atoms with van der Waals surface area (Å²) in [4.78, 5) is 10.9. The first-order valence-corrected chi connectivity index (χ1v) is 3.57. The molecule has 3 N–H and O–H groups in total. The lowest BCUT2D eigenvalue weighted by Crippen LogP contribution is -2.35. The van der Waals surface area contributed by atoms with Crippen molar-refractivity contribution in [2.75, 3.05) is 0 Å². The molecule has 0 aliphatic heterocycles. The number of nitrogens with one attached hydrogen (secondary N) is 1. The lowest BCUT2D eigenvalue weighted by Gasteiger charge is -2.08. The van der Waals surface area contributed by atoms with Gasteiger partial charge in [0.1, 0.15) is 0 Å². The first-order chi connectivity index (χ1) is 5.06. The third kappa shape index (κ3) is 5.43. The van der Waals surface area contributed by atoms with Gasteiger partial charge in [0.2, 0.25) is 5.91 Å². The molecule has 0 aromatic heterocycles. The van der Waals surface area contributed by atoms with Crippen molar-refractivity contribution in [1.29, 1.82) is 0 Å². The van der Waals surface area contributed by atoms with E-state index in [-0.39, 0.29) is 18.0 Å². The largest absolute Gasteiger partial charge is 0.343 e. The van der Waals surface area contributed by atoms with Crippen LogP contribution in [0.4, 0.5) is 0 Å². The summed E-state index contributed by atoms with van der Waals surface area (Å²) in [5.41, 5.74) is 5.40. The molecule has 62 valence electrons. The van der Waals surface area contributed by atoms with Gasteiger partial charge in [-0.15, -0.1) is 6.42 Å². The van der Waals surface area contributed by atoms with Gasteiger partial charge in [0.05, 0.1) is 6.04 Å². The van der Waals surface area contributed by atoms with Crippen molar-refractivity contribution in [1.82, 2.24) is 5.32 Å². The average Bonchev–Trinajstić information content (AvgIpc) is 1.85. The van der Waals surface area contributed by atoms with Crippen LogP contribution < -0.4 is 11.1 Å². The standard InChI is InChI=1S/C8H14N2O/c1-4-7(3)10-8(11)5-6(2)9/h1,6-7H,5,9H2,2-3H3,(H,10,11). The molecule has 0 spiro atoms. The van der Waals surface area contributed by atoms with Crippen molar-refractivity contribution in [3.05, 3.63) is 0 Å². The Balaban J connectivity index is 3.63.